The third-order valence-corrected chi connectivity index (χ3v) is 3.84. The maximum Gasteiger partial charge on any atom is 0.0780 e. The summed E-state index contributed by atoms with van der Waals surface area (Å²) in [7, 11) is 1.81. The van der Waals surface area contributed by atoms with Crippen LogP contribution in [0.1, 0.15) is 33.1 Å². The smallest absolute Gasteiger partial charge is 0.0780 e. The van der Waals surface area contributed by atoms with Gasteiger partial charge in [0.05, 0.1) is 5.60 Å². The summed E-state index contributed by atoms with van der Waals surface area (Å²) in [5.41, 5.74) is 0.623. The summed E-state index contributed by atoms with van der Waals surface area (Å²) in [5, 5.41) is 3.50. The molecule has 1 aliphatic heterocycles. The Balaban J connectivity index is 2.05. The molecule has 2 fully saturated rings. The van der Waals surface area contributed by atoms with E-state index in [4.69, 9.17) is 4.74 Å². The van der Waals surface area contributed by atoms with Crippen molar-refractivity contribution < 1.29 is 4.74 Å². The van der Waals surface area contributed by atoms with Crippen LogP contribution in [0.5, 0.6) is 0 Å². The average molecular weight is 169 g/mol. The molecule has 2 nitrogen and oxygen atoms in total. The van der Waals surface area contributed by atoms with Gasteiger partial charge in [0.25, 0.3) is 0 Å². The van der Waals surface area contributed by atoms with E-state index in [-0.39, 0.29) is 5.60 Å². The highest BCUT2D eigenvalue weighted by Crippen LogP contribution is 2.51. The maximum atomic E-state index is 5.51. The lowest BCUT2D eigenvalue weighted by atomic mass is 9.56. The number of hydrogen-bond acceptors (Lipinski definition) is 2. The molecule has 12 heavy (non-hydrogen) atoms. The van der Waals surface area contributed by atoms with Crippen molar-refractivity contribution in [3.63, 3.8) is 0 Å². The highest BCUT2D eigenvalue weighted by atomic mass is 16.5. The average Bonchev–Trinajstić information content (AvgIpc) is 1.81. The molecule has 2 aliphatic rings. The first-order chi connectivity index (χ1) is 5.61. The quantitative estimate of drug-likeness (QED) is 0.677. The first-order valence-electron chi connectivity index (χ1n) is 4.89. The van der Waals surface area contributed by atoms with Gasteiger partial charge in [0.1, 0.15) is 0 Å². The molecular formula is C10H19NO. The Kier molecular flexibility index (Phi) is 1.74. The van der Waals surface area contributed by atoms with E-state index in [2.05, 4.69) is 19.2 Å². The van der Waals surface area contributed by atoms with Crippen molar-refractivity contribution in [2.75, 3.05) is 13.7 Å². The summed E-state index contributed by atoms with van der Waals surface area (Å²) in [6.07, 6.45) is 4.22. The van der Waals surface area contributed by atoms with Gasteiger partial charge in [-0.1, -0.05) is 6.42 Å². The number of nitrogens with one attached hydrogen (secondary N) is 1. The minimum atomic E-state index is 0.0126. The second kappa shape index (κ2) is 2.46. The van der Waals surface area contributed by atoms with Gasteiger partial charge in [0.2, 0.25) is 0 Å². The SMILES string of the molecule is COC(C)(C)C1NCC12CCC2. The second-order valence-electron chi connectivity index (χ2n) is 4.84. The molecule has 1 spiro atoms. The van der Waals surface area contributed by atoms with Gasteiger partial charge in [0.15, 0.2) is 0 Å². The Labute approximate surface area is 74.7 Å². The number of ether oxygens (including phenoxy) is 1. The van der Waals surface area contributed by atoms with E-state index in [1.165, 1.54) is 25.8 Å². The molecule has 70 valence electrons. The molecule has 1 saturated heterocycles. The van der Waals surface area contributed by atoms with Gasteiger partial charge in [-0.25, -0.2) is 0 Å². The standard InChI is InChI=1S/C10H19NO/c1-9(2,12-3)8-10(7-11-8)5-4-6-10/h8,11H,4-7H2,1-3H3. The molecule has 1 saturated carbocycles. The fraction of sp³-hybridized carbons (Fsp3) is 1.00. The highest BCUT2D eigenvalue weighted by molar-refractivity contribution is 5.12. The van der Waals surface area contributed by atoms with Gasteiger partial charge in [-0.05, 0) is 26.7 Å². The van der Waals surface area contributed by atoms with Crippen LogP contribution in [0.25, 0.3) is 0 Å². The Morgan fingerprint density at radius 2 is 2.08 bits per heavy atom. The third kappa shape index (κ3) is 0.944. The Bertz CT molecular complexity index is 174. The molecule has 0 amide bonds. The lowest BCUT2D eigenvalue weighted by molar-refractivity contribution is -0.125. The van der Waals surface area contributed by atoms with Crippen molar-refractivity contribution >= 4 is 0 Å². The first-order valence-corrected chi connectivity index (χ1v) is 4.89. The summed E-state index contributed by atoms with van der Waals surface area (Å²) < 4.78 is 5.51. The van der Waals surface area contributed by atoms with E-state index < -0.39 is 0 Å². The lowest BCUT2D eigenvalue weighted by Crippen LogP contribution is -2.72. The molecule has 1 aliphatic carbocycles. The van der Waals surface area contributed by atoms with Gasteiger partial charge in [0, 0.05) is 25.1 Å². The molecule has 1 unspecified atom stereocenters. The van der Waals surface area contributed by atoms with E-state index in [0.29, 0.717) is 11.5 Å². The van der Waals surface area contributed by atoms with Gasteiger partial charge in [-0.15, -0.1) is 0 Å². The van der Waals surface area contributed by atoms with Crippen LogP contribution < -0.4 is 5.32 Å². The van der Waals surface area contributed by atoms with Crippen molar-refractivity contribution in [2.45, 2.75) is 44.8 Å². The van der Waals surface area contributed by atoms with Crippen LogP contribution in [0.4, 0.5) is 0 Å². The van der Waals surface area contributed by atoms with Crippen molar-refractivity contribution in [1.82, 2.24) is 5.32 Å². The number of rotatable bonds is 2. The van der Waals surface area contributed by atoms with Crippen LogP contribution in [-0.2, 0) is 4.74 Å². The van der Waals surface area contributed by atoms with Crippen LogP contribution in [0.15, 0.2) is 0 Å². The molecule has 2 heteroatoms. The van der Waals surface area contributed by atoms with Crippen molar-refractivity contribution in [2.24, 2.45) is 5.41 Å². The Morgan fingerprint density at radius 3 is 2.33 bits per heavy atom. The van der Waals surface area contributed by atoms with Gasteiger partial charge in [-0.2, -0.15) is 0 Å². The van der Waals surface area contributed by atoms with Crippen LogP contribution in [0.3, 0.4) is 0 Å². The molecule has 0 aromatic rings. The molecule has 2 rings (SSSR count). The van der Waals surface area contributed by atoms with Gasteiger partial charge in [-0.3, -0.25) is 0 Å². The van der Waals surface area contributed by atoms with Crippen LogP contribution in [0.2, 0.25) is 0 Å². The molecule has 0 aromatic heterocycles. The molecule has 1 atom stereocenters. The zero-order chi connectivity index (χ0) is 8.82. The van der Waals surface area contributed by atoms with E-state index in [0.717, 1.165) is 0 Å². The van der Waals surface area contributed by atoms with Crippen LogP contribution >= 0.6 is 0 Å². The zero-order valence-electron chi connectivity index (χ0n) is 8.31. The topological polar surface area (TPSA) is 21.3 Å². The van der Waals surface area contributed by atoms with E-state index >= 15 is 0 Å². The summed E-state index contributed by atoms with van der Waals surface area (Å²) in [4.78, 5) is 0. The molecule has 1 heterocycles. The predicted octanol–water partition coefficient (Wildman–Crippen LogP) is 1.55. The van der Waals surface area contributed by atoms with Crippen LogP contribution in [-0.4, -0.2) is 25.3 Å². The molecular weight excluding hydrogens is 150 g/mol. The molecule has 0 aromatic carbocycles. The number of hydrogen-bond donors (Lipinski definition) is 1. The van der Waals surface area contributed by atoms with Crippen LogP contribution in [0, 0.1) is 5.41 Å². The fourth-order valence-electron chi connectivity index (χ4n) is 2.69. The Hall–Kier alpha value is -0.0800. The van der Waals surface area contributed by atoms with Crippen molar-refractivity contribution in [3.8, 4) is 0 Å². The van der Waals surface area contributed by atoms with E-state index in [1.54, 1.807) is 0 Å². The highest BCUT2D eigenvalue weighted by Gasteiger charge is 2.56. The summed E-state index contributed by atoms with van der Waals surface area (Å²) in [5.74, 6) is 0. The molecule has 0 bridgehead atoms. The lowest BCUT2D eigenvalue weighted by Gasteiger charge is -2.61. The van der Waals surface area contributed by atoms with Gasteiger partial charge < -0.3 is 10.1 Å². The van der Waals surface area contributed by atoms with E-state index in [1.807, 2.05) is 7.11 Å². The minimum Gasteiger partial charge on any atom is -0.377 e. The molecule has 0 radical (unpaired) electrons. The normalized spacial score (nSPS) is 32.8. The fourth-order valence-corrected chi connectivity index (χ4v) is 2.69. The van der Waals surface area contributed by atoms with Crippen molar-refractivity contribution in [1.29, 1.82) is 0 Å². The Morgan fingerprint density at radius 1 is 1.42 bits per heavy atom. The first kappa shape index (κ1) is 8.52. The maximum absolute atomic E-state index is 5.51. The summed E-state index contributed by atoms with van der Waals surface area (Å²) >= 11 is 0. The summed E-state index contributed by atoms with van der Waals surface area (Å²) in [6.45, 7) is 5.58. The minimum absolute atomic E-state index is 0.0126. The third-order valence-electron chi connectivity index (χ3n) is 3.84. The van der Waals surface area contributed by atoms with E-state index in [9.17, 15) is 0 Å². The monoisotopic (exact) mass is 169 g/mol. The van der Waals surface area contributed by atoms with Crippen molar-refractivity contribution in [3.05, 3.63) is 0 Å². The molecule has 1 N–H and O–H groups in total. The summed E-state index contributed by atoms with van der Waals surface area (Å²) in [6, 6.07) is 0.587. The zero-order valence-corrected chi connectivity index (χ0v) is 8.31. The van der Waals surface area contributed by atoms with Gasteiger partial charge >= 0.3 is 0 Å². The predicted molar refractivity (Wildman–Crippen MR) is 49.2 cm³/mol. The second-order valence-corrected chi connectivity index (χ2v) is 4.84. The largest absolute Gasteiger partial charge is 0.377 e. The number of methoxy groups -OCH3 is 1.